The van der Waals surface area contributed by atoms with Gasteiger partial charge in [-0.15, -0.1) is 11.3 Å². The first-order valence-corrected chi connectivity index (χ1v) is 6.90. The smallest absolute Gasteiger partial charge is 0.270 e. The number of pyridine rings is 1. The number of nitrogens with one attached hydrogen (secondary N) is 1. The fourth-order valence-corrected chi connectivity index (χ4v) is 2.41. The molecule has 2 heterocycles. The summed E-state index contributed by atoms with van der Waals surface area (Å²) < 4.78 is 0. The molecule has 1 amide bonds. The highest BCUT2D eigenvalue weighted by molar-refractivity contribution is 7.11. The van der Waals surface area contributed by atoms with E-state index in [1.54, 1.807) is 23.5 Å². The first-order valence-electron chi connectivity index (χ1n) is 6.08. The Morgan fingerprint density at radius 2 is 2.25 bits per heavy atom. The number of thiophene rings is 1. The highest BCUT2D eigenvalue weighted by Gasteiger charge is 2.07. The van der Waals surface area contributed by atoms with Crippen LogP contribution in [0.5, 0.6) is 0 Å². The molecule has 0 unspecified atom stereocenters. The zero-order valence-electron chi connectivity index (χ0n) is 11.0. The molecule has 0 bridgehead atoms. The normalized spacial score (nSPS) is 9.70. The number of carbonyl (C=O) groups is 1. The van der Waals surface area contributed by atoms with Crippen molar-refractivity contribution < 1.29 is 9.90 Å². The van der Waals surface area contributed by atoms with E-state index in [9.17, 15) is 4.79 Å². The summed E-state index contributed by atoms with van der Waals surface area (Å²) >= 11 is 1.66. The Morgan fingerprint density at radius 3 is 2.85 bits per heavy atom. The zero-order chi connectivity index (χ0) is 14.4. The summed E-state index contributed by atoms with van der Waals surface area (Å²) in [6, 6.07) is 7.36. The Kier molecular flexibility index (Phi) is 4.88. The van der Waals surface area contributed by atoms with Crippen molar-refractivity contribution in [2.75, 3.05) is 6.61 Å². The Hall–Kier alpha value is -2.16. The average molecular weight is 286 g/mol. The monoisotopic (exact) mass is 286 g/mol. The zero-order valence-corrected chi connectivity index (χ0v) is 11.8. The lowest BCUT2D eigenvalue weighted by Gasteiger charge is -2.02. The van der Waals surface area contributed by atoms with Crippen molar-refractivity contribution >= 4 is 17.2 Å². The van der Waals surface area contributed by atoms with Gasteiger partial charge in [0, 0.05) is 21.5 Å². The van der Waals surface area contributed by atoms with E-state index in [1.807, 2.05) is 19.1 Å². The van der Waals surface area contributed by atoms with Gasteiger partial charge in [0.15, 0.2) is 0 Å². The molecule has 0 saturated carbocycles. The van der Waals surface area contributed by atoms with Gasteiger partial charge in [0.25, 0.3) is 5.91 Å². The van der Waals surface area contributed by atoms with Crippen LogP contribution in [-0.4, -0.2) is 22.6 Å². The van der Waals surface area contributed by atoms with Crippen LogP contribution in [0.1, 0.15) is 25.8 Å². The van der Waals surface area contributed by atoms with Crippen LogP contribution in [0, 0.1) is 18.8 Å². The van der Waals surface area contributed by atoms with Gasteiger partial charge in [-0.3, -0.25) is 4.79 Å². The van der Waals surface area contributed by atoms with Crippen LogP contribution in [0.3, 0.4) is 0 Å². The molecule has 5 heteroatoms. The maximum atomic E-state index is 11.9. The third-order valence-corrected chi connectivity index (χ3v) is 3.53. The van der Waals surface area contributed by atoms with Crippen molar-refractivity contribution in [3.63, 3.8) is 0 Å². The van der Waals surface area contributed by atoms with Crippen molar-refractivity contribution in [1.29, 1.82) is 0 Å². The summed E-state index contributed by atoms with van der Waals surface area (Å²) in [5.41, 5.74) is 1.03. The number of amides is 1. The van der Waals surface area contributed by atoms with Crippen LogP contribution in [0.4, 0.5) is 0 Å². The van der Waals surface area contributed by atoms with Gasteiger partial charge in [0.1, 0.15) is 12.3 Å². The fraction of sp³-hybridized carbons (Fsp3) is 0.200. The molecule has 0 aliphatic heterocycles. The molecule has 0 atom stereocenters. The highest BCUT2D eigenvalue weighted by Crippen LogP contribution is 2.14. The molecule has 0 spiro atoms. The van der Waals surface area contributed by atoms with Crippen LogP contribution in [0.25, 0.3) is 0 Å². The van der Waals surface area contributed by atoms with Crippen molar-refractivity contribution in [1.82, 2.24) is 10.3 Å². The predicted octanol–water partition coefficient (Wildman–Crippen LogP) is 1.73. The van der Waals surface area contributed by atoms with Gasteiger partial charge in [-0.2, -0.15) is 0 Å². The lowest BCUT2D eigenvalue weighted by atomic mass is 10.2. The van der Waals surface area contributed by atoms with E-state index in [0.29, 0.717) is 17.8 Å². The average Bonchev–Trinajstić information content (AvgIpc) is 2.89. The van der Waals surface area contributed by atoms with Crippen LogP contribution in [0.15, 0.2) is 30.5 Å². The molecule has 0 saturated heterocycles. The fourth-order valence-electron chi connectivity index (χ4n) is 1.58. The Bertz CT molecular complexity index is 651. The van der Waals surface area contributed by atoms with Crippen LogP contribution >= 0.6 is 11.3 Å². The number of nitrogens with zero attached hydrogens (tertiary/aromatic N) is 1. The van der Waals surface area contributed by atoms with Gasteiger partial charge in [-0.25, -0.2) is 4.98 Å². The molecule has 0 radical (unpaired) electrons. The van der Waals surface area contributed by atoms with Crippen LogP contribution in [0.2, 0.25) is 0 Å². The topological polar surface area (TPSA) is 62.2 Å². The van der Waals surface area contributed by atoms with E-state index in [2.05, 4.69) is 22.1 Å². The van der Waals surface area contributed by atoms with Gasteiger partial charge >= 0.3 is 0 Å². The van der Waals surface area contributed by atoms with E-state index >= 15 is 0 Å². The number of aliphatic hydroxyl groups is 1. The predicted molar refractivity (Wildman–Crippen MR) is 78.4 cm³/mol. The maximum absolute atomic E-state index is 11.9. The SMILES string of the molecule is Cc1ccc(CNC(=O)c2ccc(C#CCO)cn2)s1. The Labute approximate surface area is 121 Å². The van der Waals surface area contributed by atoms with Crippen LogP contribution < -0.4 is 5.32 Å². The van der Waals surface area contributed by atoms with E-state index < -0.39 is 0 Å². The number of aromatic nitrogens is 1. The minimum absolute atomic E-state index is 0.192. The summed E-state index contributed by atoms with van der Waals surface area (Å²) in [6.07, 6.45) is 1.52. The van der Waals surface area contributed by atoms with Gasteiger partial charge in [0.05, 0.1) is 6.54 Å². The van der Waals surface area contributed by atoms with Crippen molar-refractivity contribution in [2.45, 2.75) is 13.5 Å². The maximum Gasteiger partial charge on any atom is 0.270 e. The minimum atomic E-state index is -0.210. The Morgan fingerprint density at radius 1 is 1.40 bits per heavy atom. The van der Waals surface area contributed by atoms with E-state index in [0.717, 1.165) is 4.88 Å². The molecule has 0 fully saturated rings. The second-order valence-corrected chi connectivity index (χ2v) is 5.46. The van der Waals surface area contributed by atoms with Crippen molar-refractivity contribution in [3.05, 3.63) is 51.5 Å². The number of rotatable bonds is 3. The van der Waals surface area contributed by atoms with Crippen molar-refractivity contribution in [2.24, 2.45) is 0 Å². The highest BCUT2D eigenvalue weighted by atomic mass is 32.1. The number of hydrogen-bond acceptors (Lipinski definition) is 4. The van der Waals surface area contributed by atoms with E-state index in [1.165, 1.54) is 11.1 Å². The third kappa shape index (κ3) is 3.92. The molecule has 0 aromatic carbocycles. The lowest BCUT2D eigenvalue weighted by Crippen LogP contribution is -2.23. The van der Waals surface area contributed by atoms with Gasteiger partial charge in [0.2, 0.25) is 0 Å². The first-order chi connectivity index (χ1) is 9.69. The molecule has 2 aromatic heterocycles. The summed E-state index contributed by atoms with van der Waals surface area (Å²) in [5.74, 6) is 5.05. The quantitative estimate of drug-likeness (QED) is 0.845. The number of hydrogen-bond donors (Lipinski definition) is 2. The largest absolute Gasteiger partial charge is 0.384 e. The molecule has 102 valence electrons. The molecule has 2 N–H and O–H groups in total. The molecule has 20 heavy (non-hydrogen) atoms. The van der Waals surface area contributed by atoms with Crippen LogP contribution in [-0.2, 0) is 6.54 Å². The molecular weight excluding hydrogens is 272 g/mol. The second kappa shape index (κ2) is 6.85. The Balaban J connectivity index is 1.95. The van der Waals surface area contributed by atoms with Gasteiger partial charge in [-0.05, 0) is 31.2 Å². The molecule has 2 aromatic rings. The van der Waals surface area contributed by atoms with Gasteiger partial charge in [-0.1, -0.05) is 11.8 Å². The molecule has 2 rings (SSSR count). The standard InChI is InChI=1S/C15H14N2O2S/c1-11-4-6-13(20-11)10-17-15(19)14-7-5-12(9-16-14)3-2-8-18/h4-7,9,18H,8,10H2,1H3,(H,17,19). The molecular formula is C15H14N2O2S. The summed E-state index contributed by atoms with van der Waals surface area (Å²) in [5, 5.41) is 11.4. The number of carbonyl (C=O) groups excluding carboxylic acids is 1. The molecule has 0 aliphatic rings. The van der Waals surface area contributed by atoms with E-state index in [4.69, 9.17) is 5.11 Å². The first kappa shape index (κ1) is 14.3. The summed E-state index contributed by atoms with van der Waals surface area (Å²) in [7, 11) is 0. The van der Waals surface area contributed by atoms with Gasteiger partial charge < -0.3 is 10.4 Å². The molecule has 4 nitrogen and oxygen atoms in total. The summed E-state index contributed by atoms with van der Waals surface area (Å²) in [4.78, 5) is 18.3. The van der Waals surface area contributed by atoms with E-state index in [-0.39, 0.29) is 12.5 Å². The van der Waals surface area contributed by atoms with Crippen molar-refractivity contribution in [3.8, 4) is 11.8 Å². The third-order valence-electron chi connectivity index (χ3n) is 2.53. The number of aryl methyl sites for hydroxylation is 1. The second-order valence-electron chi connectivity index (χ2n) is 4.09. The number of aliphatic hydroxyl groups excluding tert-OH is 1. The summed E-state index contributed by atoms with van der Waals surface area (Å²) in [6.45, 7) is 2.34. The minimum Gasteiger partial charge on any atom is -0.384 e. The lowest BCUT2D eigenvalue weighted by molar-refractivity contribution is 0.0946. The molecule has 0 aliphatic carbocycles.